The number of nitrogens with zero attached hydrogens (tertiary/aromatic N) is 2. The van der Waals surface area contributed by atoms with Gasteiger partial charge in [0, 0.05) is 23.6 Å². The molecule has 34 heavy (non-hydrogen) atoms. The van der Waals surface area contributed by atoms with E-state index in [1.54, 1.807) is 30.6 Å². The summed E-state index contributed by atoms with van der Waals surface area (Å²) in [4.78, 5) is 44.9. The largest absolute Gasteiger partial charge is 0.459 e. The quantitative estimate of drug-likeness (QED) is 0.532. The standard InChI is InChI=1S/C26H30N4O4/c1-5-18-8-10-20(11-9-18)30(22(31)17-28-24(32)21-7-6-16-34-21)23(19-12-14-27-15-13-19)25(33)29-26(2,3)4/h6-16,23H,5,17H2,1-4H3,(H,28,32)(H,29,33). The summed E-state index contributed by atoms with van der Waals surface area (Å²) in [6, 6.07) is 13.0. The molecule has 1 unspecified atom stereocenters. The number of rotatable bonds is 8. The van der Waals surface area contributed by atoms with E-state index < -0.39 is 23.4 Å². The molecule has 8 nitrogen and oxygen atoms in total. The Morgan fingerprint density at radius 3 is 2.26 bits per heavy atom. The second kappa shape index (κ2) is 10.8. The van der Waals surface area contributed by atoms with Gasteiger partial charge in [0.05, 0.1) is 12.8 Å². The van der Waals surface area contributed by atoms with Crippen molar-refractivity contribution >= 4 is 23.4 Å². The molecular weight excluding hydrogens is 432 g/mol. The smallest absolute Gasteiger partial charge is 0.287 e. The van der Waals surface area contributed by atoms with Crippen LogP contribution in [0.2, 0.25) is 0 Å². The molecule has 1 atom stereocenters. The molecule has 0 aliphatic heterocycles. The van der Waals surface area contributed by atoms with E-state index in [0.29, 0.717) is 11.3 Å². The van der Waals surface area contributed by atoms with Gasteiger partial charge in [-0.2, -0.15) is 0 Å². The molecule has 2 heterocycles. The van der Waals surface area contributed by atoms with Gasteiger partial charge in [-0.25, -0.2) is 0 Å². The average Bonchev–Trinajstić information content (AvgIpc) is 3.35. The van der Waals surface area contributed by atoms with Gasteiger partial charge < -0.3 is 15.1 Å². The zero-order chi connectivity index (χ0) is 24.7. The molecule has 178 valence electrons. The van der Waals surface area contributed by atoms with E-state index >= 15 is 0 Å². The molecule has 0 aliphatic rings. The van der Waals surface area contributed by atoms with Crippen molar-refractivity contribution in [2.75, 3.05) is 11.4 Å². The van der Waals surface area contributed by atoms with Gasteiger partial charge in [0.25, 0.3) is 5.91 Å². The Kier molecular flexibility index (Phi) is 7.83. The van der Waals surface area contributed by atoms with Gasteiger partial charge in [-0.05, 0) is 74.7 Å². The van der Waals surface area contributed by atoms with Crippen molar-refractivity contribution in [3.05, 3.63) is 84.1 Å². The van der Waals surface area contributed by atoms with Crippen LogP contribution in [0.15, 0.2) is 71.6 Å². The Morgan fingerprint density at radius 2 is 1.71 bits per heavy atom. The minimum absolute atomic E-state index is 0.0998. The molecule has 0 radical (unpaired) electrons. The van der Waals surface area contributed by atoms with Crippen LogP contribution < -0.4 is 15.5 Å². The zero-order valence-electron chi connectivity index (χ0n) is 19.9. The summed E-state index contributed by atoms with van der Waals surface area (Å²) in [5.74, 6) is -1.21. The average molecular weight is 463 g/mol. The Bertz CT molecular complexity index is 1100. The van der Waals surface area contributed by atoms with Crippen LogP contribution in [0, 0.1) is 0 Å². The molecule has 0 bridgehead atoms. The van der Waals surface area contributed by atoms with Crippen molar-refractivity contribution in [3.8, 4) is 0 Å². The van der Waals surface area contributed by atoms with Crippen LogP contribution in [0.1, 0.15) is 55.4 Å². The number of aryl methyl sites for hydroxylation is 1. The highest BCUT2D eigenvalue weighted by atomic mass is 16.3. The summed E-state index contributed by atoms with van der Waals surface area (Å²) in [6.45, 7) is 7.35. The monoisotopic (exact) mass is 462 g/mol. The fourth-order valence-corrected chi connectivity index (χ4v) is 3.47. The normalized spacial score (nSPS) is 12.0. The number of amides is 3. The van der Waals surface area contributed by atoms with Gasteiger partial charge in [0.2, 0.25) is 11.8 Å². The molecule has 2 N–H and O–H groups in total. The molecule has 0 aliphatic carbocycles. The van der Waals surface area contributed by atoms with Crippen LogP contribution in [-0.4, -0.2) is 34.8 Å². The van der Waals surface area contributed by atoms with Gasteiger partial charge in [0.15, 0.2) is 5.76 Å². The number of anilines is 1. The van der Waals surface area contributed by atoms with Gasteiger partial charge in [0.1, 0.15) is 6.04 Å². The maximum atomic E-state index is 13.5. The Hall–Kier alpha value is -3.94. The predicted molar refractivity (Wildman–Crippen MR) is 129 cm³/mol. The molecule has 3 rings (SSSR count). The number of hydrogen-bond donors (Lipinski definition) is 2. The number of hydrogen-bond acceptors (Lipinski definition) is 5. The molecule has 3 aromatic rings. The number of carbonyl (C=O) groups excluding carboxylic acids is 3. The van der Waals surface area contributed by atoms with Crippen LogP contribution in [0.4, 0.5) is 5.69 Å². The number of aromatic nitrogens is 1. The summed E-state index contributed by atoms with van der Waals surface area (Å²) in [5.41, 5.74) is 1.72. The molecule has 1 aromatic carbocycles. The Balaban J connectivity index is 2.00. The lowest BCUT2D eigenvalue weighted by molar-refractivity contribution is -0.127. The molecule has 0 fully saturated rings. The summed E-state index contributed by atoms with van der Waals surface area (Å²) in [5, 5.41) is 5.56. The van der Waals surface area contributed by atoms with Crippen molar-refractivity contribution in [1.82, 2.24) is 15.6 Å². The van der Waals surface area contributed by atoms with E-state index in [1.165, 1.54) is 17.2 Å². The minimum atomic E-state index is -0.970. The molecule has 0 saturated carbocycles. The number of nitrogens with one attached hydrogen (secondary N) is 2. The summed E-state index contributed by atoms with van der Waals surface area (Å²) >= 11 is 0. The summed E-state index contributed by atoms with van der Waals surface area (Å²) in [7, 11) is 0. The SMILES string of the molecule is CCc1ccc(N(C(=O)CNC(=O)c2ccco2)C(C(=O)NC(C)(C)C)c2ccncc2)cc1. The van der Waals surface area contributed by atoms with Crippen molar-refractivity contribution < 1.29 is 18.8 Å². The van der Waals surface area contributed by atoms with E-state index in [9.17, 15) is 14.4 Å². The molecule has 8 heteroatoms. The number of benzene rings is 1. The first kappa shape index (κ1) is 24.7. The third kappa shape index (κ3) is 6.31. The maximum absolute atomic E-state index is 13.5. The van der Waals surface area contributed by atoms with Crippen molar-refractivity contribution in [2.24, 2.45) is 0 Å². The van der Waals surface area contributed by atoms with Crippen LogP contribution in [0.5, 0.6) is 0 Å². The fraction of sp³-hybridized carbons (Fsp3) is 0.308. The van der Waals surface area contributed by atoms with E-state index in [1.807, 2.05) is 52.0 Å². The van der Waals surface area contributed by atoms with E-state index in [2.05, 4.69) is 15.6 Å². The topological polar surface area (TPSA) is 105 Å². The minimum Gasteiger partial charge on any atom is -0.459 e. The second-order valence-electron chi connectivity index (χ2n) is 8.87. The van der Waals surface area contributed by atoms with Crippen molar-refractivity contribution in [2.45, 2.75) is 45.7 Å². The summed E-state index contributed by atoms with van der Waals surface area (Å²) < 4.78 is 5.10. The molecule has 0 saturated heterocycles. The highest BCUT2D eigenvalue weighted by molar-refractivity contribution is 6.04. The van der Waals surface area contributed by atoms with Gasteiger partial charge >= 0.3 is 0 Å². The maximum Gasteiger partial charge on any atom is 0.287 e. The van der Waals surface area contributed by atoms with Crippen LogP contribution in [0.3, 0.4) is 0 Å². The molecule has 3 amide bonds. The molecule has 0 spiro atoms. The highest BCUT2D eigenvalue weighted by Crippen LogP contribution is 2.29. The highest BCUT2D eigenvalue weighted by Gasteiger charge is 2.34. The first-order chi connectivity index (χ1) is 16.2. The Labute approximate surface area is 199 Å². The van der Waals surface area contributed by atoms with E-state index in [-0.39, 0.29) is 18.2 Å². The van der Waals surface area contributed by atoms with Crippen LogP contribution >= 0.6 is 0 Å². The van der Waals surface area contributed by atoms with Gasteiger partial charge in [-0.15, -0.1) is 0 Å². The first-order valence-corrected chi connectivity index (χ1v) is 11.1. The molecular formula is C26H30N4O4. The summed E-state index contributed by atoms with van der Waals surface area (Å²) in [6.07, 6.45) is 5.38. The molecule has 2 aromatic heterocycles. The lowest BCUT2D eigenvalue weighted by atomic mass is 10.0. The van der Waals surface area contributed by atoms with Crippen LogP contribution in [0.25, 0.3) is 0 Å². The number of furan rings is 1. The fourth-order valence-electron chi connectivity index (χ4n) is 3.47. The van der Waals surface area contributed by atoms with E-state index in [0.717, 1.165) is 12.0 Å². The zero-order valence-corrected chi connectivity index (χ0v) is 19.9. The van der Waals surface area contributed by atoms with Crippen molar-refractivity contribution in [1.29, 1.82) is 0 Å². The second-order valence-corrected chi connectivity index (χ2v) is 8.87. The number of pyridine rings is 1. The predicted octanol–water partition coefficient (Wildman–Crippen LogP) is 3.66. The Morgan fingerprint density at radius 1 is 1.03 bits per heavy atom. The van der Waals surface area contributed by atoms with Gasteiger partial charge in [-0.3, -0.25) is 24.3 Å². The lowest BCUT2D eigenvalue weighted by Gasteiger charge is -2.34. The first-order valence-electron chi connectivity index (χ1n) is 11.1. The third-order valence-corrected chi connectivity index (χ3v) is 5.06. The third-order valence-electron chi connectivity index (χ3n) is 5.06. The van der Waals surface area contributed by atoms with E-state index in [4.69, 9.17) is 4.42 Å². The number of carbonyl (C=O) groups is 3. The lowest BCUT2D eigenvalue weighted by Crippen LogP contribution is -2.51. The van der Waals surface area contributed by atoms with Crippen LogP contribution in [-0.2, 0) is 16.0 Å². The van der Waals surface area contributed by atoms with Crippen molar-refractivity contribution in [3.63, 3.8) is 0 Å². The van der Waals surface area contributed by atoms with Gasteiger partial charge in [-0.1, -0.05) is 19.1 Å².